The third kappa shape index (κ3) is 2.31. The Hall–Kier alpha value is -2.14. The smallest absolute Gasteiger partial charge is 0.201 e. The molecule has 3 rings (SSSR count). The van der Waals surface area contributed by atoms with Gasteiger partial charge >= 0.3 is 0 Å². The number of hydrogen-bond donors (Lipinski definition) is 0. The van der Waals surface area contributed by atoms with E-state index in [1.807, 2.05) is 6.07 Å². The highest BCUT2D eigenvalue weighted by Crippen LogP contribution is 2.39. The number of fused-ring (bicyclic) bond motifs is 2. The number of benzene rings is 2. The minimum absolute atomic E-state index is 0.0250. The zero-order valence-electron chi connectivity index (χ0n) is 13.5. The van der Waals surface area contributed by atoms with Crippen molar-refractivity contribution in [2.75, 3.05) is 33.2 Å². The molecule has 0 N–H and O–H groups in total. The van der Waals surface area contributed by atoms with Gasteiger partial charge in [-0.2, -0.15) is 0 Å². The molecule has 4 nitrogen and oxygen atoms in total. The van der Waals surface area contributed by atoms with E-state index in [1.54, 1.807) is 14.2 Å². The second kappa shape index (κ2) is 5.57. The third-order valence-corrected chi connectivity index (χ3v) is 5.84. The number of rotatable bonds is 2. The molecule has 2 aliphatic rings. The van der Waals surface area contributed by atoms with Crippen molar-refractivity contribution in [3.8, 4) is 16.3 Å². The third-order valence-electron chi connectivity index (χ3n) is 3.86. The lowest BCUT2D eigenvalue weighted by molar-refractivity contribution is 0.409. The Labute approximate surface area is 133 Å². The van der Waals surface area contributed by atoms with Crippen LogP contribution >= 0.6 is 10.5 Å². The van der Waals surface area contributed by atoms with E-state index in [0.717, 1.165) is 22.3 Å². The molecular weight excluding hydrogens is 294 g/mol. The number of nitrogens with zero attached hydrogens (tertiary/aromatic N) is 3. The Bertz CT molecular complexity index is 883. The van der Waals surface area contributed by atoms with Crippen LogP contribution in [0.4, 0.5) is 5.69 Å². The average molecular weight is 314 g/mol. The van der Waals surface area contributed by atoms with Crippen molar-refractivity contribution >= 4 is 26.4 Å². The first-order valence-corrected chi connectivity index (χ1v) is 8.69. The summed E-state index contributed by atoms with van der Waals surface area (Å²) in [4.78, 5) is 12.5. The van der Waals surface area contributed by atoms with Gasteiger partial charge in [-0.25, -0.2) is 4.98 Å². The normalized spacial score (nSPS) is 13.0. The molecule has 0 saturated heterocycles. The van der Waals surface area contributed by atoms with E-state index in [1.165, 1.54) is 15.3 Å². The summed E-state index contributed by atoms with van der Waals surface area (Å²) in [5.41, 5.74) is 3.23. The van der Waals surface area contributed by atoms with E-state index in [0.29, 0.717) is 0 Å². The number of ether oxygens (including phenoxy) is 1. The monoisotopic (exact) mass is 314 g/mol. The lowest BCUT2D eigenvalue weighted by Crippen LogP contribution is -2.09. The van der Waals surface area contributed by atoms with Gasteiger partial charge in [0.05, 0.1) is 7.11 Å². The lowest BCUT2D eigenvalue weighted by Gasteiger charge is -2.13. The number of methoxy groups -OCH3 is 1. The molecule has 1 aliphatic heterocycles. The lowest BCUT2D eigenvalue weighted by atomic mass is 10.2. The Balaban J connectivity index is 2.40. The van der Waals surface area contributed by atoms with Crippen molar-refractivity contribution in [1.29, 1.82) is 0 Å². The SMILES string of the molecule is CN=c1cc2[s+](C)c3cc(N(C)C)ccc3nc-2cc1OC. The average Bonchev–Trinajstić information content (AvgIpc) is 2.53. The van der Waals surface area contributed by atoms with Gasteiger partial charge < -0.3 is 9.64 Å². The minimum Gasteiger partial charge on any atom is -0.494 e. The number of hydrogen-bond acceptors (Lipinski definition) is 4. The summed E-state index contributed by atoms with van der Waals surface area (Å²) in [6.07, 6.45) is 2.25. The van der Waals surface area contributed by atoms with Crippen LogP contribution < -0.4 is 15.0 Å². The van der Waals surface area contributed by atoms with E-state index < -0.39 is 0 Å². The number of anilines is 1. The molecule has 0 aromatic heterocycles. The standard InChI is InChI=1S/C17H20N3OS/c1-18-13-10-17-14(9-15(13)21-4)19-12-7-6-11(20(2)3)8-16(12)22(17)5/h6-10H,1-5H3/q+1. The van der Waals surface area contributed by atoms with E-state index in [9.17, 15) is 0 Å². The summed E-state index contributed by atoms with van der Waals surface area (Å²) < 4.78 is 6.70. The van der Waals surface area contributed by atoms with Gasteiger partial charge in [0.1, 0.15) is 28.6 Å². The summed E-state index contributed by atoms with van der Waals surface area (Å²) in [5, 5.41) is 0.878. The summed E-state index contributed by atoms with van der Waals surface area (Å²) in [7, 11) is 7.55. The number of aromatic nitrogens is 1. The predicted octanol–water partition coefficient (Wildman–Crippen LogP) is 3.23. The fraction of sp³-hybridized carbons (Fsp3) is 0.294. The molecule has 5 heteroatoms. The van der Waals surface area contributed by atoms with Crippen molar-refractivity contribution in [3.63, 3.8) is 0 Å². The van der Waals surface area contributed by atoms with Crippen LogP contribution in [0, 0.1) is 0 Å². The van der Waals surface area contributed by atoms with Crippen molar-refractivity contribution in [1.82, 2.24) is 4.98 Å². The highest BCUT2D eigenvalue weighted by molar-refractivity contribution is 7.38. The fourth-order valence-corrected chi connectivity index (χ4v) is 4.24. The van der Waals surface area contributed by atoms with Gasteiger partial charge in [-0.05, 0) is 22.6 Å². The second-order valence-corrected chi connectivity index (χ2v) is 7.28. The van der Waals surface area contributed by atoms with Crippen LogP contribution in [0.25, 0.3) is 20.8 Å². The first kappa shape index (κ1) is 14.8. The van der Waals surface area contributed by atoms with Gasteiger partial charge in [0, 0.05) is 45.0 Å². The van der Waals surface area contributed by atoms with Crippen LogP contribution in [-0.4, -0.2) is 33.2 Å². The highest BCUT2D eigenvalue weighted by Gasteiger charge is 2.22. The molecule has 1 atom stereocenters. The molecule has 0 radical (unpaired) electrons. The Morgan fingerprint density at radius 1 is 1.18 bits per heavy atom. The van der Waals surface area contributed by atoms with Crippen LogP contribution in [-0.2, 0) is 6.26 Å². The second-order valence-electron chi connectivity index (χ2n) is 5.38. The zero-order chi connectivity index (χ0) is 15.9. The van der Waals surface area contributed by atoms with E-state index in [2.05, 4.69) is 54.5 Å². The van der Waals surface area contributed by atoms with Crippen molar-refractivity contribution in [2.45, 2.75) is 0 Å². The van der Waals surface area contributed by atoms with Crippen LogP contribution in [0.1, 0.15) is 0 Å². The van der Waals surface area contributed by atoms with Gasteiger partial charge in [0.2, 0.25) is 9.58 Å². The van der Waals surface area contributed by atoms with Crippen LogP contribution in [0.3, 0.4) is 0 Å². The van der Waals surface area contributed by atoms with Crippen LogP contribution in [0.5, 0.6) is 5.75 Å². The van der Waals surface area contributed by atoms with Crippen LogP contribution in [0.15, 0.2) is 35.3 Å². The van der Waals surface area contributed by atoms with E-state index in [-0.39, 0.29) is 10.5 Å². The molecule has 0 saturated carbocycles. The van der Waals surface area contributed by atoms with E-state index in [4.69, 9.17) is 9.72 Å². The quantitative estimate of drug-likeness (QED) is 0.538. The molecule has 114 valence electrons. The summed E-state index contributed by atoms with van der Waals surface area (Å²) in [6.45, 7) is 0. The van der Waals surface area contributed by atoms with Gasteiger partial charge in [0.15, 0.2) is 0 Å². The molecule has 1 aliphatic carbocycles. The van der Waals surface area contributed by atoms with Gasteiger partial charge in [-0.3, -0.25) is 4.99 Å². The van der Waals surface area contributed by atoms with Crippen molar-refractivity contribution in [3.05, 3.63) is 35.7 Å². The molecular formula is C17H20N3OS+. The first-order valence-electron chi connectivity index (χ1n) is 7.06. The fourth-order valence-electron chi connectivity index (χ4n) is 2.58. The zero-order valence-corrected chi connectivity index (χ0v) is 14.4. The maximum absolute atomic E-state index is 5.42. The van der Waals surface area contributed by atoms with E-state index >= 15 is 0 Å². The molecule has 1 unspecified atom stereocenters. The summed E-state index contributed by atoms with van der Waals surface area (Å²) in [5.74, 6) is 0.773. The maximum atomic E-state index is 5.42. The van der Waals surface area contributed by atoms with Crippen molar-refractivity contribution in [2.24, 2.45) is 11.2 Å². The Kier molecular flexibility index (Phi) is 3.74. The molecule has 1 heterocycles. The minimum atomic E-state index is -0.0250. The highest BCUT2D eigenvalue weighted by atomic mass is 32.2. The van der Waals surface area contributed by atoms with Gasteiger partial charge in [0.25, 0.3) is 0 Å². The topological polar surface area (TPSA) is 37.7 Å². The summed E-state index contributed by atoms with van der Waals surface area (Å²) in [6, 6.07) is 10.5. The Morgan fingerprint density at radius 2 is 1.95 bits per heavy atom. The largest absolute Gasteiger partial charge is 0.494 e. The van der Waals surface area contributed by atoms with Crippen LogP contribution in [0.2, 0.25) is 0 Å². The maximum Gasteiger partial charge on any atom is 0.201 e. The van der Waals surface area contributed by atoms with Gasteiger partial charge in [-0.15, -0.1) is 0 Å². The number of aryl methyl sites for hydroxylation is 1. The Morgan fingerprint density at radius 3 is 2.59 bits per heavy atom. The molecule has 0 bridgehead atoms. The molecule has 22 heavy (non-hydrogen) atoms. The molecule has 0 amide bonds. The molecule has 0 fully saturated rings. The van der Waals surface area contributed by atoms with Crippen molar-refractivity contribution < 1.29 is 4.74 Å². The van der Waals surface area contributed by atoms with Gasteiger partial charge in [-0.1, -0.05) is 0 Å². The molecule has 0 spiro atoms. The predicted molar refractivity (Wildman–Crippen MR) is 94.2 cm³/mol. The molecule has 1 aromatic carbocycles. The summed E-state index contributed by atoms with van der Waals surface area (Å²) >= 11 is 0. The first-order chi connectivity index (χ1) is 10.5. The molecule has 1 aromatic rings.